The Bertz CT molecular complexity index is 1620. The van der Waals surface area contributed by atoms with Crippen molar-refractivity contribution < 1.29 is 30.7 Å². The van der Waals surface area contributed by atoms with Gasteiger partial charge in [0.05, 0.1) is 21.3 Å². The molecule has 176 valence electrons. The van der Waals surface area contributed by atoms with Gasteiger partial charge in [-0.1, -0.05) is 41.9 Å². The molecule has 0 aliphatic carbocycles. The van der Waals surface area contributed by atoms with E-state index in [-0.39, 0.29) is 27.5 Å². The van der Waals surface area contributed by atoms with E-state index >= 15 is 0 Å². The highest BCUT2D eigenvalue weighted by Gasteiger charge is 2.36. The Hall–Kier alpha value is -3.23. The van der Waals surface area contributed by atoms with Crippen LogP contribution in [-0.4, -0.2) is 43.6 Å². The van der Waals surface area contributed by atoms with Crippen molar-refractivity contribution >= 4 is 65.6 Å². The van der Waals surface area contributed by atoms with E-state index in [0.717, 1.165) is 17.1 Å². The van der Waals surface area contributed by atoms with Gasteiger partial charge in [0, 0.05) is 5.39 Å². The molecule has 1 aliphatic heterocycles. The predicted octanol–water partition coefficient (Wildman–Crippen LogP) is 3.86. The molecular weight excluding hydrogens is 508 g/mol. The third-order valence-electron chi connectivity index (χ3n) is 4.94. The molecule has 1 amide bonds. The number of hydrogen-bond acceptors (Lipinski definition) is 8. The summed E-state index contributed by atoms with van der Waals surface area (Å²) in [4.78, 5) is 12.0. The van der Waals surface area contributed by atoms with Crippen LogP contribution in [0.15, 0.2) is 79.7 Å². The van der Waals surface area contributed by atoms with Crippen LogP contribution in [0.4, 0.5) is 11.4 Å². The van der Waals surface area contributed by atoms with Gasteiger partial charge in [-0.3, -0.25) is 13.9 Å². The molecule has 0 spiro atoms. The Balaban J connectivity index is 1.73. The summed E-state index contributed by atoms with van der Waals surface area (Å²) in [6.45, 7) is 1.46. The van der Waals surface area contributed by atoms with Gasteiger partial charge in [-0.2, -0.15) is 37.2 Å². The Morgan fingerprint density at radius 1 is 1.00 bits per heavy atom. The summed E-state index contributed by atoms with van der Waals surface area (Å²) in [5.74, 6) is -0.746. The second kappa shape index (κ2) is 8.52. The number of anilines is 1. The second-order valence-electron chi connectivity index (χ2n) is 7.21. The molecule has 0 fully saturated rings. The molecule has 4 rings (SSSR count). The third-order valence-corrected chi connectivity index (χ3v) is 7.05. The number of nitrogens with zero attached hydrogens (tertiary/aromatic N) is 4. The molecular formula is C20H15ClN4O7S2. The number of halogens is 1. The van der Waals surface area contributed by atoms with Crippen LogP contribution in [0.3, 0.4) is 0 Å². The van der Waals surface area contributed by atoms with Crippen molar-refractivity contribution in [2.24, 2.45) is 15.3 Å². The maximum absolute atomic E-state index is 13.0. The Morgan fingerprint density at radius 3 is 2.38 bits per heavy atom. The number of rotatable bonds is 5. The summed E-state index contributed by atoms with van der Waals surface area (Å²) in [7, 11) is -9.26. The van der Waals surface area contributed by atoms with Crippen molar-refractivity contribution in [2.75, 3.05) is 5.01 Å². The Kier molecular flexibility index (Phi) is 5.99. The summed E-state index contributed by atoms with van der Waals surface area (Å²) in [6.07, 6.45) is 0. The van der Waals surface area contributed by atoms with Crippen LogP contribution >= 0.6 is 11.6 Å². The average Bonchev–Trinajstić information content (AvgIpc) is 3.03. The monoisotopic (exact) mass is 522 g/mol. The van der Waals surface area contributed by atoms with Gasteiger partial charge in [0.1, 0.15) is 10.6 Å². The van der Waals surface area contributed by atoms with Gasteiger partial charge < -0.3 is 0 Å². The number of amides is 1. The maximum atomic E-state index is 13.0. The van der Waals surface area contributed by atoms with Gasteiger partial charge in [-0.15, -0.1) is 0 Å². The lowest BCUT2D eigenvalue weighted by Crippen LogP contribution is -2.30. The van der Waals surface area contributed by atoms with Crippen LogP contribution < -0.4 is 5.01 Å². The topological polar surface area (TPSA) is 166 Å². The summed E-state index contributed by atoms with van der Waals surface area (Å²) in [5, 5.41) is 13.5. The van der Waals surface area contributed by atoms with E-state index in [1.807, 2.05) is 0 Å². The molecule has 1 atom stereocenters. The zero-order chi connectivity index (χ0) is 24.8. The number of fused-ring (bicyclic) bond motifs is 1. The van der Waals surface area contributed by atoms with Gasteiger partial charge >= 0.3 is 0 Å². The lowest BCUT2D eigenvalue weighted by Gasteiger charge is -2.15. The molecule has 3 aromatic carbocycles. The van der Waals surface area contributed by atoms with Gasteiger partial charge in [-0.05, 0) is 36.6 Å². The molecule has 0 unspecified atom stereocenters. The van der Waals surface area contributed by atoms with E-state index < -0.39 is 42.0 Å². The molecule has 2 N–H and O–H groups in total. The van der Waals surface area contributed by atoms with Crippen molar-refractivity contribution in [1.29, 1.82) is 0 Å². The molecule has 3 aromatic rings. The van der Waals surface area contributed by atoms with Crippen molar-refractivity contribution in [3.63, 3.8) is 0 Å². The van der Waals surface area contributed by atoms with Crippen LogP contribution in [-0.2, 0) is 25.0 Å². The fraction of sp³-hybridized carbons (Fsp3) is 0.100. The van der Waals surface area contributed by atoms with Crippen molar-refractivity contribution in [1.82, 2.24) is 0 Å². The third kappa shape index (κ3) is 4.43. The molecule has 0 radical (unpaired) electrons. The molecule has 0 bridgehead atoms. The highest BCUT2D eigenvalue weighted by Crippen LogP contribution is 2.35. The van der Waals surface area contributed by atoms with Gasteiger partial charge in [0.2, 0.25) is 0 Å². The second-order valence-corrected chi connectivity index (χ2v) is 10.4. The molecule has 14 heteroatoms. The first-order chi connectivity index (χ1) is 15.9. The van der Waals surface area contributed by atoms with E-state index in [4.69, 9.17) is 11.6 Å². The largest absolute Gasteiger partial charge is 0.297 e. The van der Waals surface area contributed by atoms with E-state index in [0.29, 0.717) is 5.39 Å². The minimum atomic E-state index is -4.69. The van der Waals surface area contributed by atoms with E-state index in [1.54, 1.807) is 24.3 Å². The van der Waals surface area contributed by atoms with Crippen molar-refractivity contribution in [2.45, 2.75) is 22.8 Å². The Morgan fingerprint density at radius 2 is 1.71 bits per heavy atom. The number of carbonyl (C=O) groups excluding carboxylic acids is 1. The molecule has 1 aliphatic rings. The fourth-order valence-corrected chi connectivity index (χ4v) is 4.91. The number of carbonyl (C=O) groups is 1. The van der Waals surface area contributed by atoms with Gasteiger partial charge in [0.15, 0.2) is 6.04 Å². The standard InChI is InChI=1S/C20H15ClN4O7S2/c1-11-18(20(26)25(24-11)17-10-13(33(27,28)29)7-8-15(17)21)23-22-16-9-6-12-4-2-3-5-14(12)19(16)34(30,31)32/h2-10,18H,1H3,(H,27,28,29)(H,30,31,32)/t18-/m1/s1. The van der Waals surface area contributed by atoms with Crippen LogP contribution in [0.25, 0.3) is 10.8 Å². The lowest BCUT2D eigenvalue weighted by molar-refractivity contribution is -0.117. The molecule has 0 saturated carbocycles. The molecule has 1 heterocycles. The van der Waals surface area contributed by atoms with Gasteiger partial charge in [0.25, 0.3) is 26.1 Å². The highest BCUT2D eigenvalue weighted by atomic mass is 35.5. The molecule has 11 nitrogen and oxygen atoms in total. The first kappa shape index (κ1) is 23.9. The number of hydrogen-bond donors (Lipinski definition) is 2. The molecule has 34 heavy (non-hydrogen) atoms. The zero-order valence-electron chi connectivity index (χ0n) is 17.2. The van der Waals surface area contributed by atoms with E-state index in [2.05, 4.69) is 15.3 Å². The highest BCUT2D eigenvalue weighted by molar-refractivity contribution is 7.86. The van der Waals surface area contributed by atoms with Crippen molar-refractivity contribution in [3.8, 4) is 0 Å². The maximum Gasteiger partial charge on any atom is 0.297 e. The molecule has 0 saturated heterocycles. The van der Waals surface area contributed by atoms with E-state index in [1.165, 1.54) is 25.1 Å². The summed E-state index contributed by atoms with van der Waals surface area (Å²) in [6, 6.07) is 11.3. The first-order valence-corrected chi connectivity index (χ1v) is 12.7. The Labute approximate surface area is 198 Å². The SMILES string of the molecule is CC1=NN(c2cc(S(=O)(=O)O)ccc2Cl)C(=O)[C@@H]1N=Nc1ccc2ccccc2c1S(=O)(=O)O. The smallest absolute Gasteiger partial charge is 0.282 e. The van der Waals surface area contributed by atoms with Crippen LogP contribution in [0, 0.1) is 0 Å². The summed E-state index contributed by atoms with van der Waals surface area (Å²) < 4.78 is 66.1. The molecule has 0 aromatic heterocycles. The van der Waals surface area contributed by atoms with Gasteiger partial charge in [-0.25, -0.2) is 0 Å². The van der Waals surface area contributed by atoms with Crippen LogP contribution in [0.1, 0.15) is 6.92 Å². The minimum Gasteiger partial charge on any atom is -0.282 e. The number of azo groups is 1. The summed E-state index contributed by atoms with van der Waals surface area (Å²) in [5.41, 5.74) is -0.133. The van der Waals surface area contributed by atoms with Crippen LogP contribution in [0.5, 0.6) is 0 Å². The summed E-state index contributed by atoms with van der Waals surface area (Å²) >= 11 is 6.10. The predicted molar refractivity (Wildman–Crippen MR) is 124 cm³/mol. The zero-order valence-corrected chi connectivity index (χ0v) is 19.6. The minimum absolute atomic E-state index is 0.0157. The normalized spacial score (nSPS) is 17.1. The van der Waals surface area contributed by atoms with E-state index in [9.17, 15) is 30.7 Å². The average molecular weight is 523 g/mol. The van der Waals surface area contributed by atoms with Crippen molar-refractivity contribution in [3.05, 3.63) is 59.6 Å². The fourth-order valence-electron chi connectivity index (χ4n) is 3.38. The van der Waals surface area contributed by atoms with Crippen LogP contribution in [0.2, 0.25) is 5.02 Å². The lowest BCUT2D eigenvalue weighted by atomic mass is 10.1. The number of benzene rings is 3. The number of hydrazone groups is 1. The quantitative estimate of drug-likeness (QED) is 0.379. The first-order valence-electron chi connectivity index (χ1n) is 9.44.